The lowest BCUT2D eigenvalue weighted by atomic mass is 9.94. The van der Waals surface area contributed by atoms with E-state index in [-0.39, 0.29) is 22.8 Å². The van der Waals surface area contributed by atoms with Gasteiger partial charge < -0.3 is 19.7 Å². The van der Waals surface area contributed by atoms with Gasteiger partial charge in [-0.1, -0.05) is 35.9 Å². The monoisotopic (exact) mass is 507 g/mol. The molecule has 0 saturated carbocycles. The van der Waals surface area contributed by atoms with Gasteiger partial charge in [0.25, 0.3) is 11.7 Å². The van der Waals surface area contributed by atoms with Crippen molar-refractivity contribution in [3.63, 3.8) is 0 Å². The summed E-state index contributed by atoms with van der Waals surface area (Å²) in [6.07, 6.45) is 0. The van der Waals surface area contributed by atoms with Gasteiger partial charge in [0.1, 0.15) is 11.5 Å². The normalized spacial score (nSPS) is 16.9. The zero-order valence-electron chi connectivity index (χ0n) is 20.1. The number of aliphatic hydroxyl groups is 1. The van der Waals surface area contributed by atoms with Crippen molar-refractivity contribution in [2.75, 3.05) is 18.1 Å². The summed E-state index contributed by atoms with van der Waals surface area (Å²) in [5, 5.41) is 22.0. The SMILES string of the molecule is CCOc1cccc(/C(O)=C2\C(=O)C(=O)N(c3cccc(Cl)c3C)C2c2ccc(O)c(OCC)c2)c1. The Balaban J connectivity index is 1.98. The lowest BCUT2D eigenvalue weighted by Gasteiger charge is -2.27. The zero-order chi connectivity index (χ0) is 26.0. The molecule has 1 fully saturated rings. The van der Waals surface area contributed by atoms with E-state index < -0.39 is 17.7 Å². The number of hydrogen-bond acceptors (Lipinski definition) is 6. The number of carbonyl (C=O) groups excluding carboxylic acids is 2. The van der Waals surface area contributed by atoms with Gasteiger partial charge in [0.15, 0.2) is 11.5 Å². The molecule has 1 amide bonds. The highest BCUT2D eigenvalue weighted by Gasteiger charge is 2.47. The lowest BCUT2D eigenvalue weighted by Crippen LogP contribution is -2.30. The smallest absolute Gasteiger partial charge is 0.300 e. The second-order valence-electron chi connectivity index (χ2n) is 8.17. The average molecular weight is 508 g/mol. The van der Waals surface area contributed by atoms with Gasteiger partial charge in [0, 0.05) is 16.3 Å². The van der Waals surface area contributed by atoms with Crippen molar-refractivity contribution in [2.45, 2.75) is 26.8 Å². The number of hydrogen-bond donors (Lipinski definition) is 2. The van der Waals surface area contributed by atoms with Gasteiger partial charge in [-0.15, -0.1) is 0 Å². The Labute approximate surface area is 214 Å². The summed E-state index contributed by atoms with van der Waals surface area (Å²) in [4.78, 5) is 28.2. The second kappa shape index (κ2) is 10.3. The molecular weight excluding hydrogens is 482 g/mol. The van der Waals surface area contributed by atoms with Crippen LogP contribution in [0.3, 0.4) is 0 Å². The first-order valence-corrected chi connectivity index (χ1v) is 11.9. The molecule has 0 spiro atoms. The molecule has 4 rings (SSSR count). The Morgan fingerprint density at radius 3 is 2.44 bits per heavy atom. The predicted molar refractivity (Wildman–Crippen MR) is 138 cm³/mol. The standard InChI is InChI=1S/C28H26ClNO6/c1-4-35-19-9-6-8-18(14-19)26(32)24-25(17-12-13-22(31)23(15-17)36-5-2)30(28(34)27(24)33)21-11-7-10-20(29)16(21)3/h6-15,25,31-32H,4-5H2,1-3H3/b26-24+. The van der Waals surface area contributed by atoms with E-state index in [9.17, 15) is 19.8 Å². The molecule has 1 heterocycles. The first-order chi connectivity index (χ1) is 17.3. The van der Waals surface area contributed by atoms with Crippen LogP contribution in [0, 0.1) is 6.92 Å². The largest absolute Gasteiger partial charge is 0.507 e. The molecule has 0 aromatic heterocycles. The third-order valence-corrected chi connectivity index (χ3v) is 6.37. The summed E-state index contributed by atoms with van der Waals surface area (Å²) >= 11 is 6.35. The number of nitrogens with zero attached hydrogens (tertiary/aromatic N) is 1. The van der Waals surface area contributed by atoms with E-state index in [4.69, 9.17) is 21.1 Å². The minimum atomic E-state index is -1.00. The molecule has 3 aromatic rings. The van der Waals surface area contributed by atoms with Crippen LogP contribution in [0.15, 0.2) is 66.2 Å². The van der Waals surface area contributed by atoms with Gasteiger partial charge in [-0.25, -0.2) is 0 Å². The summed E-state index contributed by atoms with van der Waals surface area (Å²) in [7, 11) is 0. The summed E-state index contributed by atoms with van der Waals surface area (Å²) in [6, 6.07) is 15.3. The van der Waals surface area contributed by atoms with Crippen LogP contribution in [0.5, 0.6) is 17.2 Å². The second-order valence-corrected chi connectivity index (χ2v) is 8.58. The molecule has 7 nitrogen and oxygen atoms in total. The number of ketones is 1. The van der Waals surface area contributed by atoms with E-state index in [0.29, 0.717) is 46.4 Å². The number of benzene rings is 3. The third-order valence-electron chi connectivity index (χ3n) is 5.96. The summed E-state index contributed by atoms with van der Waals surface area (Å²) < 4.78 is 11.1. The minimum absolute atomic E-state index is 0.0825. The number of halogens is 1. The summed E-state index contributed by atoms with van der Waals surface area (Å²) in [5.74, 6) is -1.36. The fraction of sp³-hybridized carbons (Fsp3) is 0.214. The highest BCUT2D eigenvalue weighted by molar-refractivity contribution is 6.52. The Kier molecular flexibility index (Phi) is 7.22. The predicted octanol–water partition coefficient (Wildman–Crippen LogP) is 5.78. The van der Waals surface area contributed by atoms with Crippen molar-refractivity contribution >= 4 is 34.7 Å². The zero-order valence-corrected chi connectivity index (χ0v) is 20.9. The maximum atomic E-state index is 13.4. The van der Waals surface area contributed by atoms with E-state index in [2.05, 4.69) is 0 Å². The van der Waals surface area contributed by atoms with E-state index in [1.54, 1.807) is 68.4 Å². The van der Waals surface area contributed by atoms with Gasteiger partial charge >= 0.3 is 0 Å². The Hall–Kier alpha value is -3.97. The number of carbonyl (C=O) groups is 2. The highest BCUT2D eigenvalue weighted by atomic mass is 35.5. The Morgan fingerprint density at radius 2 is 1.72 bits per heavy atom. The molecule has 8 heteroatoms. The third kappa shape index (κ3) is 4.50. The van der Waals surface area contributed by atoms with Crippen molar-refractivity contribution < 1.29 is 29.3 Å². The van der Waals surface area contributed by atoms with Gasteiger partial charge in [-0.05, 0) is 68.3 Å². The molecular formula is C28H26ClNO6. The van der Waals surface area contributed by atoms with E-state index in [0.717, 1.165) is 0 Å². The molecule has 1 atom stereocenters. The van der Waals surface area contributed by atoms with Crippen LogP contribution in [0.4, 0.5) is 5.69 Å². The minimum Gasteiger partial charge on any atom is -0.507 e. The quantitative estimate of drug-likeness (QED) is 0.239. The maximum Gasteiger partial charge on any atom is 0.300 e. The van der Waals surface area contributed by atoms with Crippen molar-refractivity contribution in [3.05, 3.63) is 87.9 Å². The number of Topliss-reactive ketones (excluding diaryl/α,β-unsaturated/α-hetero) is 1. The van der Waals surface area contributed by atoms with Crippen LogP contribution in [-0.4, -0.2) is 35.1 Å². The molecule has 0 bridgehead atoms. The summed E-state index contributed by atoms with van der Waals surface area (Å²) in [6.45, 7) is 6.10. The molecule has 36 heavy (non-hydrogen) atoms. The van der Waals surface area contributed by atoms with Gasteiger partial charge in [0.2, 0.25) is 0 Å². The van der Waals surface area contributed by atoms with Crippen molar-refractivity contribution in [1.29, 1.82) is 0 Å². The average Bonchev–Trinajstić information content (AvgIpc) is 3.12. The topological polar surface area (TPSA) is 96.3 Å². The number of ether oxygens (including phenoxy) is 2. The van der Waals surface area contributed by atoms with Gasteiger partial charge in [0.05, 0.1) is 24.8 Å². The number of phenols is 1. The van der Waals surface area contributed by atoms with Gasteiger partial charge in [-0.2, -0.15) is 0 Å². The molecule has 186 valence electrons. The maximum absolute atomic E-state index is 13.4. The molecule has 0 radical (unpaired) electrons. The number of rotatable bonds is 7. The molecule has 3 aromatic carbocycles. The van der Waals surface area contributed by atoms with Crippen molar-refractivity contribution in [2.24, 2.45) is 0 Å². The van der Waals surface area contributed by atoms with E-state index in [1.165, 1.54) is 11.0 Å². The molecule has 1 saturated heterocycles. The van der Waals surface area contributed by atoms with Crippen LogP contribution < -0.4 is 14.4 Å². The Bertz CT molecular complexity index is 1370. The molecule has 1 unspecified atom stereocenters. The van der Waals surface area contributed by atoms with Crippen LogP contribution in [0.25, 0.3) is 5.76 Å². The molecule has 1 aliphatic heterocycles. The molecule has 2 N–H and O–H groups in total. The first kappa shape index (κ1) is 25.1. The summed E-state index contributed by atoms with van der Waals surface area (Å²) in [5.41, 5.74) is 1.74. The Morgan fingerprint density at radius 1 is 1.00 bits per heavy atom. The molecule has 0 aliphatic carbocycles. The first-order valence-electron chi connectivity index (χ1n) is 11.5. The highest BCUT2D eigenvalue weighted by Crippen LogP contribution is 2.45. The number of aliphatic hydroxyl groups excluding tert-OH is 1. The van der Waals surface area contributed by atoms with Crippen LogP contribution >= 0.6 is 11.6 Å². The number of anilines is 1. The number of amides is 1. The van der Waals surface area contributed by atoms with Crippen LogP contribution in [0.2, 0.25) is 5.02 Å². The van der Waals surface area contributed by atoms with Crippen molar-refractivity contribution in [1.82, 2.24) is 0 Å². The fourth-order valence-corrected chi connectivity index (χ4v) is 4.45. The lowest BCUT2D eigenvalue weighted by molar-refractivity contribution is -0.132. The molecule has 1 aliphatic rings. The van der Waals surface area contributed by atoms with Crippen molar-refractivity contribution in [3.8, 4) is 17.2 Å². The number of aromatic hydroxyl groups is 1. The van der Waals surface area contributed by atoms with E-state index in [1.807, 2.05) is 6.92 Å². The van der Waals surface area contributed by atoms with E-state index >= 15 is 0 Å². The van der Waals surface area contributed by atoms with Crippen LogP contribution in [-0.2, 0) is 9.59 Å². The van der Waals surface area contributed by atoms with Gasteiger partial charge in [-0.3, -0.25) is 14.5 Å². The fourth-order valence-electron chi connectivity index (χ4n) is 4.28. The van der Waals surface area contributed by atoms with Crippen LogP contribution in [0.1, 0.15) is 36.6 Å². The number of phenolic OH excluding ortho intramolecular Hbond substituents is 1.